The van der Waals surface area contributed by atoms with Crippen LogP contribution in [-0.4, -0.2) is 55.5 Å². The second-order valence-corrected chi connectivity index (χ2v) is 9.52. The molecule has 1 aliphatic carbocycles. The van der Waals surface area contributed by atoms with Crippen molar-refractivity contribution in [2.45, 2.75) is 30.0 Å². The fourth-order valence-electron chi connectivity index (χ4n) is 5.77. The highest BCUT2D eigenvalue weighted by Crippen LogP contribution is 2.67. The van der Waals surface area contributed by atoms with Crippen LogP contribution in [0.2, 0.25) is 0 Å². The van der Waals surface area contributed by atoms with Gasteiger partial charge < -0.3 is 24.2 Å². The number of aliphatic hydroxyl groups is 1. The largest absolute Gasteiger partial charge is 0.495 e. The Hall–Kier alpha value is -3.44. The number of likely N-dealkylation sites (N-methyl/N-ethyl adjacent to an activating group) is 1. The van der Waals surface area contributed by atoms with Gasteiger partial charge in [0, 0.05) is 19.0 Å². The van der Waals surface area contributed by atoms with Crippen LogP contribution in [0.1, 0.15) is 41.0 Å². The molecule has 0 bridgehead atoms. The highest BCUT2D eigenvalue weighted by atomic mass is 16.5. The van der Waals surface area contributed by atoms with Gasteiger partial charge in [-0.15, -0.1) is 0 Å². The number of morpholine rings is 1. The number of fused-ring (bicyclic) bond motifs is 3. The zero-order valence-electron chi connectivity index (χ0n) is 20.7. The van der Waals surface area contributed by atoms with Crippen molar-refractivity contribution >= 4 is 0 Å². The topological polar surface area (TPSA) is 87.8 Å². The first-order valence-electron chi connectivity index (χ1n) is 12.3. The number of methoxy groups -OCH3 is 1. The molecule has 1 N–H and O–H groups in total. The molecule has 2 aliphatic heterocycles. The predicted octanol–water partition coefficient (Wildman–Crippen LogP) is 3.96. The monoisotopic (exact) mass is 485 g/mol. The van der Waals surface area contributed by atoms with E-state index in [4.69, 9.17) is 14.2 Å². The number of nitriles is 1. The van der Waals surface area contributed by atoms with Gasteiger partial charge in [-0.05, 0) is 43.1 Å². The molecule has 0 spiro atoms. The van der Waals surface area contributed by atoms with Crippen molar-refractivity contribution in [1.82, 2.24) is 9.88 Å². The lowest BCUT2D eigenvalue weighted by atomic mass is 9.71. The van der Waals surface area contributed by atoms with Crippen LogP contribution < -0.4 is 9.47 Å². The van der Waals surface area contributed by atoms with E-state index in [9.17, 15) is 10.4 Å². The Balaban J connectivity index is 0.000000330. The molecule has 2 aromatic carbocycles. The highest BCUT2D eigenvalue weighted by molar-refractivity contribution is 5.57. The third-order valence-corrected chi connectivity index (χ3v) is 7.56. The zero-order chi connectivity index (χ0) is 25.2. The lowest BCUT2D eigenvalue weighted by Crippen LogP contribution is -2.48. The molecule has 1 aromatic heterocycles. The highest BCUT2D eigenvalue weighted by Gasteiger charge is 2.69. The van der Waals surface area contributed by atoms with Crippen LogP contribution in [0.5, 0.6) is 11.5 Å². The summed E-state index contributed by atoms with van der Waals surface area (Å²) >= 11 is 0. The van der Waals surface area contributed by atoms with Crippen LogP contribution in [-0.2, 0) is 15.9 Å². The van der Waals surface area contributed by atoms with Crippen LogP contribution in [0.15, 0.2) is 67.0 Å². The van der Waals surface area contributed by atoms with Crippen molar-refractivity contribution in [3.8, 4) is 17.6 Å². The van der Waals surface area contributed by atoms with Crippen LogP contribution in [0.25, 0.3) is 0 Å². The van der Waals surface area contributed by atoms with E-state index in [1.165, 1.54) is 0 Å². The normalized spacial score (nSPS) is 26.6. The maximum Gasteiger partial charge on any atom is 0.174 e. The summed E-state index contributed by atoms with van der Waals surface area (Å²) in [6.45, 7) is 4.02. The van der Waals surface area contributed by atoms with Crippen molar-refractivity contribution in [2.75, 3.05) is 40.5 Å². The number of nitrogens with zero attached hydrogens (tertiary/aromatic N) is 3. The van der Waals surface area contributed by atoms with Gasteiger partial charge in [0.05, 0.1) is 49.9 Å². The third kappa shape index (κ3) is 3.92. The summed E-state index contributed by atoms with van der Waals surface area (Å²) in [6, 6.07) is 19.6. The minimum absolute atomic E-state index is 0.0706. The van der Waals surface area contributed by atoms with E-state index in [0.717, 1.165) is 43.9 Å². The number of aromatic nitrogens is 1. The van der Waals surface area contributed by atoms with Crippen molar-refractivity contribution < 1.29 is 19.3 Å². The molecule has 36 heavy (non-hydrogen) atoms. The molecule has 186 valence electrons. The Morgan fingerprint density at radius 1 is 1.08 bits per heavy atom. The molecular formula is C29H31N3O4. The van der Waals surface area contributed by atoms with Crippen LogP contribution >= 0.6 is 0 Å². The van der Waals surface area contributed by atoms with E-state index >= 15 is 0 Å². The van der Waals surface area contributed by atoms with Crippen LogP contribution in [0.4, 0.5) is 0 Å². The first-order chi connectivity index (χ1) is 17.5. The standard InChI is InChI=1S/C24H20N2O3.C5H11NO/c1-28-20-14-26-15-21-22(20)23(27)12-11-19(17-5-3-2-4-6-17)24(23,29-21)18-9-7-16(13-25)8-10-18;1-6-2-4-7-5-3-6/h2-10,14-15,19,27H,11-12H2,1H3;2-5H2,1H3. The van der Waals surface area contributed by atoms with Crippen molar-refractivity contribution in [3.05, 3.63) is 89.2 Å². The number of hydrogen-bond acceptors (Lipinski definition) is 7. The van der Waals surface area contributed by atoms with Crippen LogP contribution in [0, 0.1) is 11.3 Å². The molecule has 3 atom stereocenters. The molecule has 1 saturated heterocycles. The maximum absolute atomic E-state index is 12.2. The third-order valence-electron chi connectivity index (χ3n) is 7.56. The minimum Gasteiger partial charge on any atom is -0.495 e. The molecule has 3 unspecified atom stereocenters. The van der Waals surface area contributed by atoms with Gasteiger partial charge in [-0.25, -0.2) is 0 Å². The van der Waals surface area contributed by atoms with Gasteiger partial charge in [0.25, 0.3) is 0 Å². The van der Waals surface area contributed by atoms with Crippen molar-refractivity contribution in [3.63, 3.8) is 0 Å². The minimum atomic E-state index is -1.27. The fourth-order valence-corrected chi connectivity index (χ4v) is 5.77. The summed E-state index contributed by atoms with van der Waals surface area (Å²) in [4.78, 5) is 6.50. The SMILES string of the molecule is CN1CCOCC1.COc1cncc2c1C1(O)CCC(c3ccccc3)C1(c1ccc(C#N)cc1)O2. The van der Waals surface area contributed by atoms with E-state index in [-0.39, 0.29) is 5.92 Å². The number of rotatable bonds is 3. The molecule has 2 fully saturated rings. The van der Waals surface area contributed by atoms with Gasteiger partial charge in [0.15, 0.2) is 5.60 Å². The second kappa shape index (κ2) is 9.90. The fraction of sp³-hybridized carbons (Fsp3) is 0.379. The van der Waals surface area contributed by atoms with E-state index in [0.29, 0.717) is 29.0 Å². The molecule has 1 saturated carbocycles. The Morgan fingerprint density at radius 3 is 2.42 bits per heavy atom. The molecule has 0 amide bonds. The predicted molar refractivity (Wildman–Crippen MR) is 135 cm³/mol. The summed E-state index contributed by atoms with van der Waals surface area (Å²) < 4.78 is 17.3. The first kappa shape index (κ1) is 24.3. The molecule has 3 aromatic rings. The Bertz CT molecular complexity index is 1240. The number of pyridine rings is 1. The van der Waals surface area contributed by atoms with E-state index in [1.54, 1.807) is 31.6 Å². The zero-order valence-corrected chi connectivity index (χ0v) is 20.7. The van der Waals surface area contributed by atoms with Crippen LogP contribution in [0.3, 0.4) is 0 Å². The summed E-state index contributed by atoms with van der Waals surface area (Å²) in [6.07, 6.45) is 4.54. The number of ether oxygens (including phenoxy) is 3. The molecule has 6 rings (SSSR count). The summed E-state index contributed by atoms with van der Waals surface area (Å²) in [5, 5.41) is 21.4. The lowest BCUT2D eigenvalue weighted by molar-refractivity contribution is -0.106. The number of hydrogen-bond donors (Lipinski definition) is 1. The van der Waals surface area contributed by atoms with Crippen molar-refractivity contribution in [1.29, 1.82) is 5.26 Å². The Morgan fingerprint density at radius 2 is 1.81 bits per heavy atom. The molecule has 7 heteroatoms. The van der Waals surface area contributed by atoms with E-state index in [1.807, 2.05) is 30.3 Å². The summed E-state index contributed by atoms with van der Waals surface area (Å²) in [7, 11) is 3.69. The number of benzene rings is 2. The van der Waals surface area contributed by atoms with Crippen molar-refractivity contribution in [2.24, 2.45) is 0 Å². The molecule has 3 heterocycles. The van der Waals surface area contributed by atoms with E-state index < -0.39 is 11.2 Å². The molecule has 7 nitrogen and oxygen atoms in total. The summed E-state index contributed by atoms with van der Waals surface area (Å²) in [5.74, 6) is 0.991. The quantitative estimate of drug-likeness (QED) is 0.601. The van der Waals surface area contributed by atoms with Gasteiger partial charge in [-0.3, -0.25) is 4.98 Å². The smallest absolute Gasteiger partial charge is 0.174 e. The van der Waals surface area contributed by atoms with Gasteiger partial charge >= 0.3 is 0 Å². The Kier molecular flexibility index (Phi) is 6.67. The molecular weight excluding hydrogens is 454 g/mol. The molecule has 0 radical (unpaired) electrons. The second-order valence-electron chi connectivity index (χ2n) is 9.52. The first-order valence-corrected chi connectivity index (χ1v) is 12.3. The van der Waals surface area contributed by atoms with Gasteiger partial charge in [0.2, 0.25) is 0 Å². The molecule has 3 aliphatic rings. The Labute approximate surface area is 211 Å². The maximum atomic E-state index is 12.2. The lowest BCUT2D eigenvalue weighted by Gasteiger charge is -2.40. The average Bonchev–Trinajstić information content (AvgIpc) is 3.37. The van der Waals surface area contributed by atoms with Gasteiger partial charge in [-0.2, -0.15) is 5.26 Å². The average molecular weight is 486 g/mol. The van der Waals surface area contributed by atoms with Gasteiger partial charge in [0.1, 0.15) is 17.1 Å². The van der Waals surface area contributed by atoms with E-state index in [2.05, 4.69) is 35.1 Å². The van der Waals surface area contributed by atoms with Gasteiger partial charge in [-0.1, -0.05) is 42.5 Å². The summed E-state index contributed by atoms with van der Waals surface area (Å²) in [5.41, 5.74) is 0.860.